The van der Waals surface area contributed by atoms with Crippen molar-refractivity contribution in [3.05, 3.63) is 41.5 Å². The zero-order valence-electron chi connectivity index (χ0n) is 10.4. The van der Waals surface area contributed by atoms with Crippen molar-refractivity contribution < 1.29 is 13.2 Å². The molecule has 2 aromatic rings. The van der Waals surface area contributed by atoms with Crippen LogP contribution in [0.5, 0.6) is 0 Å². The molecule has 0 bridgehead atoms. The van der Waals surface area contributed by atoms with Gasteiger partial charge >= 0.3 is 0 Å². The van der Waals surface area contributed by atoms with Gasteiger partial charge in [0.2, 0.25) is 0 Å². The first kappa shape index (κ1) is 13.6. The van der Waals surface area contributed by atoms with Crippen LogP contribution in [-0.4, -0.2) is 16.5 Å². The van der Waals surface area contributed by atoms with Crippen molar-refractivity contribution in [3.63, 3.8) is 0 Å². The summed E-state index contributed by atoms with van der Waals surface area (Å²) >= 11 is 0. The molecular weight excluding hydrogens is 255 g/mol. The number of aromatic amines is 1. The van der Waals surface area contributed by atoms with Crippen molar-refractivity contribution in [1.29, 1.82) is 0 Å². The van der Waals surface area contributed by atoms with Crippen LogP contribution in [0.25, 0.3) is 11.4 Å². The number of hydrogen-bond acceptors (Lipinski definition) is 2. The summed E-state index contributed by atoms with van der Waals surface area (Å²) in [6.07, 6.45) is 2.59. The fourth-order valence-electron chi connectivity index (χ4n) is 1.69. The lowest BCUT2D eigenvalue weighted by molar-refractivity contribution is 0.447. The number of aromatic nitrogens is 2. The molecular formula is C13H14F3N3. The summed E-state index contributed by atoms with van der Waals surface area (Å²) in [6.45, 7) is 3.51. The van der Waals surface area contributed by atoms with Crippen LogP contribution in [0.1, 0.15) is 19.0 Å². The molecule has 0 radical (unpaired) electrons. The van der Waals surface area contributed by atoms with E-state index in [0.717, 1.165) is 30.8 Å². The third kappa shape index (κ3) is 3.14. The minimum Gasteiger partial charge on any atom is -0.341 e. The molecule has 1 aromatic carbocycles. The highest BCUT2D eigenvalue weighted by Crippen LogP contribution is 2.21. The van der Waals surface area contributed by atoms with Gasteiger partial charge in [0.15, 0.2) is 17.5 Å². The summed E-state index contributed by atoms with van der Waals surface area (Å²) in [5.74, 6) is -3.61. The van der Waals surface area contributed by atoms with Gasteiger partial charge in [-0.25, -0.2) is 18.2 Å². The second kappa shape index (κ2) is 5.88. The fourth-order valence-corrected chi connectivity index (χ4v) is 1.69. The van der Waals surface area contributed by atoms with Crippen LogP contribution < -0.4 is 5.32 Å². The van der Waals surface area contributed by atoms with E-state index in [4.69, 9.17) is 0 Å². The minimum atomic E-state index is -1.47. The predicted octanol–water partition coefficient (Wildman–Crippen LogP) is 2.99. The van der Waals surface area contributed by atoms with Crippen molar-refractivity contribution >= 4 is 0 Å². The van der Waals surface area contributed by atoms with Crippen LogP contribution in [0.4, 0.5) is 13.2 Å². The van der Waals surface area contributed by atoms with Crippen LogP contribution in [0.3, 0.4) is 0 Å². The number of H-pyrrole nitrogens is 1. The number of halogens is 3. The number of nitrogens with zero attached hydrogens (tertiary/aromatic N) is 1. The standard InChI is InChI=1S/C13H14F3N3/c1-2-3-17-6-9-7-18-13(19-9)8-4-10(14)12(16)11(15)5-8/h4-5,7,17H,2-3,6H2,1H3,(H,18,19). The summed E-state index contributed by atoms with van der Waals surface area (Å²) in [7, 11) is 0. The molecule has 0 spiro atoms. The lowest BCUT2D eigenvalue weighted by Crippen LogP contribution is -2.13. The Bertz CT molecular complexity index is 543. The Hall–Kier alpha value is -1.82. The van der Waals surface area contributed by atoms with E-state index in [2.05, 4.69) is 22.2 Å². The van der Waals surface area contributed by atoms with Crippen LogP contribution >= 0.6 is 0 Å². The molecule has 1 aromatic heterocycles. The Morgan fingerprint density at radius 2 is 1.89 bits per heavy atom. The molecule has 1 heterocycles. The molecule has 3 nitrogen and oxygen atoms in total. The molecule has 0 aliphatic carbocycles. The van der Waals surface area contributed by atoms with E-state index in [1.54, 1.807) is 6.20 Å². The minimum absolute atomic E-state index is 0.179. The second-order valence-electron chi connectivity index (χ2n) is 4.19. The lowest BCUT2D eigenvalue weighted by Gasteiger charge is -2.01. The second-order valence-corrected chi connectivity index (χ2v) is 4.19. The molecule has 0 atom stereocenters. The normalized spacial score (nSPS) is 10.9. The highest BCUT2D eigenvalue weighted by molar-refractivity contribution is 5.55. The largest absolute Gasteiger partial charge is 0.341 e. The Morgan fingerprint density at radius 3 is 2.53 bits per heavy atom. The van der Waals surface area contributed by atoms with E-state index in [0.29, 0.717) is 12.4 Å². The highest BCUT2D eigenvalue weighted by atomic mass is 19.2. The maximum atomic E-state index is 13.1. The zero-order chi connectivity index (χ0) is 13.8. The molecule has 0 aliphatic heterocycles. The van der Waals surface area contributed by atoms with E-state index < -0.39 is 17.5 Å². The molecule has 6 heteroatoms. The summed E-state index contributed by atoms with van der Waals surface area (Å²) in [6, 6.07) is 1.83. The number of imidazole rings is 1. The summed E-state index contributed by atoms with van der Waals surface area (Å²) in [5.41, 5.74) is 0.978. The van der Waals surface area contributed by atoms with Gasteiger partial charge in [-0.3, -0.25) is 0 Å². The third-order valence-corrected chi connectivity index (χ3v) is 2.63. The maximum Gasteiger partial charge on any atom is 0.194 e. The van der Waals surface area contributed by atoms with Gasteiger partial charge in [-0.05, 0) is 25.1 Å². The first-order valence-corrected chi connectivity index (χ1v) is 6.01. The number of rotatable bonds is 5. The van der Waals surface area contributed by atoms with Crippen LogP contribution in [0.2, 0.25) is 0 Å². The molecule has 2 rings (SSSR count). The fraction of sp³-hybridized carbons (Fsp3) is 0.308. The average molecular weight is 269 g/mol. The molecule has 0 amide bonds. The van der Waals surface area contributed by atoms with E-state index in [9.17, 15) is 13.2 Å². The third-order valence-electron chi connectivity index (χ3n) is 2.63. The molecule has 102 valence electrons. The van der Waals surface area contributed by atoms with Crippen LogP contribution in [-0.2, 0) is 6.54 Å². The molecule has 0 unspecified atom stereocenters. The monoisotopic (exact) mass is 269 g/mol. The van der Waals surface area contributed by atoms with Crippen molar-refractivity contribution in [2.24, 2.45) is 0 Å². The first-order chi connectivity index (χ1) is 9.11. The first-order valence-electron chi connectivity index (χ1n) is 6.01. The van der Waals surface area contributed by atoms with E-state index in [1.807, 2.05) is 0 Å². The summed E-state index contributed by atoms with van der Waals surface area (Å²) in [5, 5.41) is 3.17. The quantitative estimate of drug-likeness (QED) is 0.647. The van der Waals surface area contributed by atoms with Crippen LogP contribution in [0, 0.1) is 17.5 Å². The number of hydrogen-bond donors (Lipinski definition) is 2. The Labute approximate surface area is 108 Å². The average Bonchev–Trinajstić information content (AvgIpc) is 2.84. The van der Waals surface area contributed by atoms with Gasteiger partial charge in [0.05, 0.1) is 0 Å². The molecule has 0 saturated heterocycles. The Kier molecular flexibility index (Phi) is 4.21. The van der Waals surface area contributed by atoms with Gasteiger partial charge < -0.3 is 10.3 Å². The van der Waals surface area contributed by atoms with E-state index in [-0.39, 0.29) is 5.56 Å². The van der Waals surface area contributed by atoms with Gasteiger partial charge in [-0.2, -0.15) is 0 Å². The summed E-state index contributed by atoms with van der Waals surface area (Å²) in [4.78, 5) is 6.96. The van der Waals surface area contributed by atoms with Gasteiger partial charge in [-0.1, -0.05) is 6.92 Å². The highest BCUT2D eigenvalue weighted by Gasteiger charge is 2.13. The maximum absolute atomic E-state index is 13.1. The zero-order valence-corrected chi connectivity index (χ0v) is 10.4. The van der Waals surface area contributed by atoms with Gasteiger partial charge in [0.1, 0.15) is 5.82 Å². The van der Waals surface area contributed by atoms with Crippen molar-refractivity contribution in [2.45, 2.75) is 19.9 Å². The smallest absolute Gasteiger partial charge is 0.194 e. The van der Waals surface area contributed by atoms with E-state index >= 15 is 0 Å². The SMILES string of the molecule is CCCNCc1cnc(-c2cc(F)c(F)c(F)c2)[nH]1. The van der Waals surface area contributed by atoms with Gasteiger partial charge in [0, 0.05) is 24.0 Å². The molecule has 0 aliphatic rings. The van der Waals surface area contributed by atoms with Crippen molar-refractivity contribution in [1.82, 2.24) is 15.3 Å². The lowest BCUT2D eigenvalue weighted by atomic mass is 10.2. The number of nitrogens with one attached hydrogen (secondary N) is 2. The number of benzene rings is 1. The molecule has 0 saturated carbocycles. The Balaban J connectivity index is 2.18. The van der Waals surface area contributed by atoms with Gasteiger partial charge in [-0.15, -0.1) is 0 Å². The Morgan fingerprint density at radius 1 is 1.21 bits per heavy atom. The molecule has 2 N–H and O–H groups in total. The van der Waals surface area contributed by atoms with E-state index in [1.165, 1.54) is 0 Å². The van der Waals surface area contributed by atoms with Gasteiger partial charge in [0.25, 0.3) is 0 Å². The molecule has 19 heavy (non-hydrogen) atoms. The van der Waals surface area contributed by atoms with Crippen molar-refractivity contribution in [2.75, 3.05) is 6.54 Å². The summed E-state index contributed by atoms with van der Waals surface area (Å²) < 4.78 is 39.1. The molecule has 0 fully saturated rings. The topological polar surface area (TPSA) is 40.7 Å². The van der Waals surface area contributed by atoms with Crippen molar-refractivity contribution in [3.8, 4) is 11.4 Å². The predicted molar refractivity (Wildman–Crippen MR) is 65.9 cm³/mol. The van der Waals surface area contributed by atoms with Crippen LogP contribution in [0.15, 0.2) is 18.3 Å².